The molecule has 2 aromatic heterocycles. The molecule has 0 atom stereocenters. The topological polar surface area (TPSA) is 68.5 Å². The number of carbonyl (C=O) groups excluding carboxylic acids is 1. The van der Waals surface area contributed by atoms with Gasteiger partial charge in [-0.1, -0.05) is 24.3 Å². The second-order valence-corrected chi connectivity index (χ2v) is 7.49. The molecule has 0 aliphatic carbocycles. The zero-order chi connectivity index (χ0) is 18.0. The van der Waals surface area contributed by atoms with Gasteiger partial charge in [0.25, 0.3) is 5.91 Å². The van der Waals surface area contributed by atoms with Crippen molar-refractivity contribution in [3.05, 3.63) is 68.7 Å². The number of hydrogen-bond acceptors (Lipinski definition) is 5. The minimum absolute atomic E-state index is 0.0390. The molecule has 1 fully saturated rings. The van der Waals surface area contributed by atoms with E-state index in [4.69, 9.17) is 9.15 Å². The first kappa shape index (κ1) is 17.0. The van der Waals surface area contributed by atoms with Crippen molar-refractivity contribution in [2.45, 2.75) is 18.3 Å². The van der Waals surface area contributed by atoms with Gasteiger partial charge in [-0.3, -0.25) is 4.79 Å². The first-order chi connectivity index (χ1) is 12.7. The molecule has 1 aromatic carbocycles. The summed E-state index contributed by atoms with van der Waals surface area (Å²) in [5, 5.41) is 5.74. The highest BCUT2D eigenvalue weighted by molar-refractivity contribution is 7.10. The molecule has 5 nitrogen and oxygen atoms in total. The van der Waals surface area contributed by atoms with Crippen LogP contribution in [0, 0.1) is 0 Å². The number of thiophene rings is 1. The Morgan fingerprint density at radius 2 is 1.96 bits per heavy atom. The molecule has 1 aliphatic heterocycles. The average Bonchev–Trinajstić information content (AvgIpc) is 3.22. The van der Waals surface area contributed by atoms with Crippen LogP contribution in [0.5, 0.6) is 0 Å². The fourth-order valence-corrected chi connectivity index (χ4v) is 4.40. The zero-order valence-corrected chi connectivity index (χ0v) is 15.0. The Balaban J connectivity index is 1.58. The van der Waals surface area contributed by atoms with Crippen LogP contribution in [0.4, 0.5) is 0 Å². The molecule has 0 bridgehead atoms. The van der Waals surface area contributed by atoms with Crippen molar-refractivity contribution in [1.29, 1.82) is 0 Å². The number of ether oxygens (including phenoxy) is 1. The van der Waals surface area contributed by atoms with Crippen LogP contribution in [0.2, 0.25) is 0 Å². The molecular formula is C20H19NO4S. The monoisotopic (exact) mass is 369 g/mol. The van der Waals surface area contributed by atoms with E-state index in [-0.39, 0.29) is 11.0 Å². The number of para-hydroxylation sites is 1. The quantitative estimate of drug-likeness (QED) is 0.716. The Hall–Kier alpha value is -2.44. The van der Waals surface area contributed by atoms with Crippen molar-refractivity contribution in [2.75, 3.05) is 19.8 Å². The number of hydrogen-bond donors (Lipinski definition) is 1. The van der Waals surface area contributed by atoms with E-state index >= 15 is 0 Å². The van der Waals surface area contributed by atoms with Crippen LogP contribution in [0.1, 0.15) is 28.1 Å². The van der Waals surface area contributed by atoms with Crippen LogP contribution in [-0.2, 0) is 10.2 Å². The van der Waals surface area contributed by atoms with Gasteiger partial charge in [-0.15, -0.1) is 11.3 Å². The van der Waals surface area contributed by atoms with E-state index in [1.807, 2.05) is 23.6 Å². The Labute approximate surface area is 154 Å². The maximum absolute atomic E-state index is 12.7. The lowest BCUT2D eigenvalue weighted by atomic mass is 9.78. The van der Waals surface area contributed by atoms with Crippen LogP contribution in [0.3, 0.4) is 0 Å². The van der Waals surface area contributed by atoms with Crippen molar-refractivity contribution < 1.29 is 13.9 Å². The summed E-state index contributed by atoms with van der Waals surface area (Å²) in [5.41, 5.74) is -0.233. The van der Waals surface area contributed by atoms with Gasteiger partial charge >= 0.3 is 5.63 Å². The summed E-state index contributed by atoms with van der Waals surface area (Å²) >= 11 is 1.69. The van der Waals surface area contributed by atoms with Crippen LogP contribution in [0.15, 0.2) is 57.1 Å². The van der Waals surface area contributed by atoms with E-state index in [1.165, 1.54) is 4.88 Å². The minimum atomic E-state index is -0.613. The van der Waals surface area contributed by atoms with E-state index in [9.17, 15) is 9.59 Å². The molecule has 6 heteroatoms. The van der Waals surface area contributed by atoms with Gasteiger partial charge in [-0.25, -0.2) is 4.79 Å². The number of nitrogens with one attached hydrogen (secondary N) is 1. The molecule has 134 valence electrons. The largest absolute Gasteiger partial charge is 0.422 e. The molecule has 1 saturated heterocycles. The smallest absolute Gasteiger partial charge is 0.349 e. The summed E-state index contributed by atoms with van der Waals surface area (Å²) < 4.78 is 10.8. The molecular weight excluding hydrogens is 350 g/mol. The number of amides is 1. The van der Waals surface area contributed by atoms with E-state index in [0.29, 0.717) is 25.3 Å². The summed E-state index contributed by atoms with van der Waals surface area (Å²) in [6.07, 6.45) is 1.69. The van der Waals surface area contributed by atoms with E-state index in [0.717, 1.165) is 18.2 Å². The fraction of sp³-hybridized carbons (Fsp3) is 0.300. The van der Waals surface area contributed by atoms with Crippen LogP contribution in [-0.4, -0.2) is 25.7 Å². The van der Waals surface area contributed by atoms with Gasteiger partial charge in [0.05, 0.1) is 0 Å². The van der Waals surface area contributed by atoms with Crippen molar-refractivity contribution in [2.24, 2.45) is 0 Å². The highest BCUT2D eigenvalue weighted by atomic mass is 32.1. The van der Waals surface area contributed by atoms with Gasteiger partial charge in [-0.05, 0) is 36.4 Å². The van der Waals surface area contributed by atoms with Gasteiger partial charge in [-0.2, -0.15) is 0 Å². The third kappa shape index (κ3) is 3.18. The number of fused-ring (bicyclic) bond motifs is 1. The maximum Gasteiger partial charge on any atom is 0.349 e. The number of carbonyl (C=O) groups is 1. The standard InChI is InChI=1S/C20H19NO4S/c22-18(15-12-14-4-1-2-5-16(14)25-19(15)23)21-13-20(7-9-24-10-8-20)17-6-3-11-26-17/h1-6,11-12H,7-10,13H2,(H,21,22). The van der Waals surface area contributed by atoms with Gasteiger partial charge in [0.2, 0.25) is 0 Å². The highest BCUT2D eigenvalue weighted by Crippen LogP contribution is 2.37. The number of rotatable bonds is 4. The van der Waals surface area contributed by atoms with Crippen LogP contribution < -0.4 is 10.9 Å². The molecule has 0 radical (unpaired) electrons. The van der Waals surface area contributed by atoms with Crippen molar-refractivity contribution in [1.82, 2.24) is 5.32 Å². The average molecular weight is 369 g/mol. The summed E-state index contributed by atoms with van der Waals surface area (Å²) in [6, 6.07) is 12.9. The predicted octanol–water partition coefficient (Wildman–Crippen LogP) is 3.33. The SMILES string of the molecule is O=C(NCC1(c2cccs2)CCOCC1)c1cc2ccccc2oc1=O. The molecule has 3 aromatic rings. The number of benzene rings is 1. The minimum Gasteiger partial charge on any atom is -0.422 e. The summed E-state index contributed by atoms with van der Waals surface area (Å²) in [6.45, 7) is 1.82. The first-order valence-electron chi connectivity index (χ1n) is 8.61. The molecule has 0 unspecified atom stereocenters. The highest BCUT2D eigenvalue weighted by Gasteiger charge is 2.36. The van der Waals surface area contributed by atoms with E-state index < -0.39 is 11.5 Å². The fourth-order valence-electron chi connectivity index (χ4n) is 3.42. The molecule has 0 saturated carbocycles. The molecule has 26 heavy (non-hydrogen) atoms. The molecule has 0 spiro atoms. The van der Waals surface area contributed by atoms with Gasteiger partial charge in [0, 0.05) is 35.4 Å². The molecule has 3 heterocycles. The lowest BCUT2D eigenvalue weighted by Gasteiger charge is -2.36. The third-order valence-electron chi connectivity index (χ3n) is 4.97. The van der Waals surface area contributed by atoms with E-state index in [1.54, 1.807) is 29.5 Å². The summed E-state index contributed by atoms with van der Waals surface area (Å²) in [7, 11) is 0. The summed E-state index contributed by atoms with van der Waals surface area (Å²) in [5.74, 6) is -0.396. The molecule has 1 amide bonds. The predicted molar refractivity (Wildman–Crippen MR) is 101 cm³/mol. The van der Waals surface area contributed by atoms with Crippen molar-refractivity contribution in [3.63, 3.8) is 0 Å². The van der Waals surface area contributed by atoms with Gasteiger partial charge in [0.1, 0.15) is 11.1 Å². The normalized spacial score (nSPS) is 16.5. The van der Waals surface area contributed by atoms with Crippen molar-refractivity contribution in [3.8, 4) is 0 Å². The van der Waals surface area contributed by atoms with E-state index in [2.05, 4.69) is 11.4 Å². The summed E-state index contributed by atoms with van der Waals surface area (Å²) in [4.78, 5) is 26.1. The second-order valence-electron chi connectivity index (χ2n) is 6.54. The Morgan fingerprint density at radius 1 is 1.15 bits per heavy atom. The molecule has 1 aliphatic rings. The van der Waals surface area contributed by atoms with Crippen LogP contribution in [0.25, 0.3) is 11.0 Å². The van der Waals surface area contributed by atoms with Gasteiger partial charge in [0.15, 0.2) is 0 Å². The van der Waals surface area contributed by atoms with Crippen LogP contribution >= 0.6 is 11.3 Å². The lowest BCUT2D eigenvalue weighted by Crippen LogP contribution is -2.44. The second kappa shape index (κ2) is 7.05. The van der Waals surface area contributed by atoms with Crippen molar-refractivity contribution >= 4 is 28.2 Å². The van der Waals surface area contributed by atoms with Gasteiger partial charge < -0.3 is 14.5 Å². The maximum atomic E-state index is 12.7. The first-order valence-corrected chi connectivity index (χ1v) is 9.49. The Kier molecular flexibility index (Phi) is 4.61. The Bertz CT molecular complexity index is 971. The lowest BCUT2D eigenvalue weighted by molar-refractivity contribution is 0.0498. The molecule has 1 N–H and O–H groups in total. The Morgan fingerprint density at radius 3 is 2.73 bits per heavy atom. The molecule has 4 rings (SSSR count). The third-order valence-corrected chi connectivity index (χ3v) is 6.08. The zero-order valence-electron chi connectivity index (χ0n) is 14.2.